The van der Waals surface area contributed by atoms with Crippen molar-refractivity contribution in [1.82, 2.24) is 5.32 Å². The van der Waals surface area contributed by atoms with Crippen LogP contribution in [0, 0.1) is 11.6 Å². The van der Waals surface area contributed by atoms with E-state index in [1.807, 2.05) is 0 Å². The highest BCUT2D eigenvalue weighted by molar-refractivity contribution is 5.67. The molecule has 3 N–H and O–H groups in total. The van der Waals surface area contributed by atoms with Gasteiger partial charge < -0.3 is 15.5 Å². The third-order valence-corrected chi connectivity index (χ3v) is 2.67. The van der Waals surface area contributed by atoms with E-state index in [0.29, 0.717) is 0 Å². The van der Waals surface area contributed by atoms with Gasteiger partial charge in [0.1, 0.15) is 11.6 Å². The third-order valence-electron chi connectivity index (χ3n) is 2.67. The summed E-state index contributed by atoms with van der Waals surface area (Å²) in [4.78, 5) is 10.9. The van der Waals surface area contributed by atoms with Gasteiger partial charge in [-0.15, -0.1) is 0 Å². The average molecular weight is 287 g/mol. The molecule has 0 heterocycles. The molecule has 4 nitrogen and oxygen atoms in total. The van der Waals surface area contributed by atoms with Crippen LogP contribution < -0.4 is 5.32 Å². The Bertz CT molecular complexity index is 486. The van der Waals surface area contributed by atoms with Crippen molar-refractivity contribution < 1.29 is 23.8 Å². The van der Waals surface area contributed by atoms with Crippen LogP contribution >= 0.6 is 0 Å². The predicted molar refractivity (Wildman–Crippen MR) is 70.2 cm³/mol. The van der Waals surface area contributed by atoms with E-state index in [1.165, 1.54) is 0 Å². The van der Waals surface area contributed by atoms with Gasteiger partial charge in [0, 0.05) is 17.1 Å². The normalized spacial score (nSPS) is 14.9. The van der Waals surface area contributed by atoms with E-state index in [2.05, 4.69) is 5.32 Å². The van der Waals surface area contributed by atoms with E-state index in [4.69, 9.17) is 5.11 Å². The molecule has 0 aliphatic heterocycles. The summed E-state index contributed by atoms with van der Waals surface area (Å²) in [5.74, 6) is -2.60. The SMILES string of the molecule is CC(C)(C)NC(CC(=O)O)C(O)c1cc(F)ccc1F. The number of nitrogens with one attached hydrogen (secondary N) is 1. The van der Waals surface area contributed by atoms with Gasteiger partial charge in [-0.05, 0) is 39.0 Å². The summed E-state index contributed by atoms with van der Waals surface area (Å²) in [5, 5.41) is 22.0. The van der Waals surface area contributed by atoms with E-state index >= 15 is 0 Å². The van der Waals surface area contributed by atoms with Crippen LogP contribution in [-0.4, -0.2) is 27.8 Å². The summed E-state index contributed by atoms with van der Waals surface area (Å²) >= 11 is 0. The van der Waals surface area contributed by atoms with Crippen LogP contribution in [0.15, 0.2) is 18.2 Å². The zero-order valence-corrected chi connectivity index (χ0v) is 11.7. The molecular weight excluding hydrogens is 268 g/mol. The van der Waals surface area contributed by atoms with Crippen molar-refractivity contribution in [2.24, 2.45) is 0 Å². The van der Waals surface area contributed by atoms with Gasteiger partial charge in [0.05, 0.1) is 12.5 Å². The summed E-state index contributed by atoms with van der Waals surface area (Å²) < 4.78 is 26.8. The van der Waals surface area contributed by atoms with Gasteiger partial charge in [-0.1, -0.05) is 0 Å². The molecule has 0 bridgehead atoms. The number of aliphatic carboxylic acids is 1. The fourth-order valence-corrected chi connectivity index (χ4v) is 1.94. The summed E-state index contributed by atoms with van der Waals surface area (Å²) in [6, 6.07) is 1.79. The molecule has 0 aromatic heterocycles. The zero-order valence-electron chi connectivity index (χ0n) is 11.7. The van der Waals surface area contributed by atoms with Crippen molar-refractivity contribution in [1.29, 1.82) is 0 Å². The van der Waals surface area contributed by atoms with Crippen molar-refractivity contribution in [2.75, 3.05) is 0 Å². The Morgan fingerprint density at radius 2 is 1.95 bits per heavy atom. The second-order valence-electron chi connectivity index (χ2n) is 5.71. The molecule has 0 amide bonds. The van der Waals surface area contributed by atoms with Gasteiger partial charge in [0.15, 0.2) is 0 Å². The Morgan fingerprint density at radius 3 is 2.45 bits per heavy atom. The smallest absolute Gasteiger partial charge is 0.305 e. The third kappa shape index (κ3) is 4.86. The number of hydrogen-bond acceptors (Lipinski definition) is 3. The summed E-state index contributed by atoms with van der Waals surface area (Å²) in [7, 11) is 0. The lowest BCUT2D eigenvalue weighted by atomic mass is 9.96. The Kier molecular flexibility index (Phi) is 5.19. The predicted octanol–water partition coefficient (Wildman–Crippen LogP) is 2.23. The maximum Gasteiger partial charge on any atom is 0.305 e. The first-order valence-corrected chi connectivity index (χ1v) is 6.22. The second kappa shape index (κ2) is 6.28. The van der Waals surface area contributed by atoms with Gasteiger partial charge in [0.25, 0.3) is 0 Å². The highest BCUT2D eigenvalue weighted by Crippen LogP contribution is 2.24. The zero-order chi connectivity index (χ0) is 15.5. The summed E-state index contributed by atoms with van der Waals surface area (Å²) in [6.07, 6.45) is -1.87. The van der Waals surface area contributed by atoms with Crippen LogP contribution in [0.1, 0.15) is 38.9 Å². The molecule has 20 heavy (non-hydrogen) atoms. The molecule has 0 aliphatic rings. The molecule has 2 unspecified atom stereocenters. The summed E-state index contributed by atoms with van der Waals surface area (Å²) in [5.41, 5.74) is -0.738. The Morgan fingerprint density at radius 1 is 1.35 bits per heavy atom. The van der Waals surface area contributed by atoms with E-state index in [-0.39, 0.29) is 5.56 Å². The first-order chi connectivity index (χ1) is 9.10. The maximum atomic E-state index is 13.6. The first kappa shape index (κ1) is 16.5. The standard InChI is InChI=1S/C14H19F2NO3/c1-14(2,3)17-11(7-12(18)19)13(20)9-6-8(15)4-5-10(9)16/h4-6,11,13,17,20H,7H2,1-3H3,(H,18,19). The largest absolute Gasteiger partial charge is 0.481 e. The monoisotopic (exact) mass is 287 g/mol. The van der Waals surface area contributed by atoms with E-state index in [0.717, 1.165) is 18.2 Å². The lowest BCUT2D eigenvalue weighted by Gasteiger charge is -2.31. The fraction of sp³-hybridized carbons (Fsp3) is 0.500. The molecule has 0 fully saturated rings. The van der Waals surface area contributed by atoms with Crippen molar-refractivity contribution in [3.05, 3.63) is 35.4 Å². The van der Waals surface area contributed by atoms with Crippen LogP contribution in [0.2, 0.25) is 0 Å². The molecule has 112 valence electrons. The molecule has 6 heteroatoms. The molecule has 1 aromatic carbocycles. The lowest BCUT2D eigenvalue weighted by Crippen LogP contribution is -2.47. The van der Waals surface area contributed by atoms with Crippen molar-refractivity contribution in [3.8, 4) is 0 Å². The van der Waals surface area contributed by atoms with Crippen LogP contribution in [0.4, 0.5) is 8.78 Å². The Labute approximate surface area is 116 Å². The quantitative estimate of drug-likeness (QED) is 0.776. The molecule has 2 atom stereocenters. The molecule has 0 spiro atoms. The van der Waals surface area contributed by atoms with Gasteiger partial charge in [-0.25, -0.2) is 8.78 Å². The van der Waals surface area contributed by atoms with E-state index in [1.54, 1.807) is 20.8 Å². The van der Waals surface area contributed by atoms with E-state index in [9.17, 15) is 18.7 Å². The Hall–Kier alpha value is -1.53. The van der Waals surface area contributed by atoms with Gasteiger partial charge >= 0.3 is 5.97 Å². The minimum absolute atomic E-state index is 0.256. The molecular formula is C14H19F2NO3. The van der Waals surface area contributed by atoms with Crippen molar-refractivity contribution in [3.63, 3.8) is 0 Å². The second-order valence-corrected chi connectivity index (χ2v) is 5.71. The van der Waals surface area contributed by atoms with E-state index < -0.39 is 41.7 Å². The molecule has 0 aliphatic carbocycles. The number of benzene rings is 1. The van der Waals surface area contributed by atoms with Gasteiger partial charge in [-0.3, -0.25) is 4.79 Å². The van der Waals surface area contributed by atoms with Crippen LogP contribution in [-0.2, 0) is 4.79 Å². The maximum absolute atomic E-state index is 13.6. The number of rotatable bonds is 5. The molecule has 0 saturated carbocycles. The number of halogens is 2. The van der Waals surface area contributed by atoms with Gasteiger partial charge in [-0.2, -0.15) is 0 Å². The minimum atomic E-state index is -1.46. The number of aliphatic hydroxyl groups is 1. The van der Waals surface area contributed by atoms with Crippen LogP contribution in [0.25, 0.3) is 0 Å². The number of hydrogen-bond donors (Lipinski definition) is 3. The average Bonchev–Trinajstić information content (AvgIpc) is 2.28. The lowest BCUT2D eigenvalue weighted by molar-refractivity contribution is -0.138. The first-order valence-electron chi connectivity index (χ1n) is 6.22. The number of carbonyl (C=O) groups is 1. The fourth-order valence-electron chi connectivity index (χ4n) is 1.94. The molecule has 0 saturated heterocycles. The molecule has 1 rings (SSSR count). The highest BCUT2D eigenvalue weighted by Gasteiger charge is 2.29. The van der Waals surface area contributed by atoms with Crippen molar-refractivity contribution in [2.45, 2.75) is 44.9 Å². The Balaban J connectivity index is 3.05. The van der Waals surface area contributed by atoms with Crippen molar-refractivity contribution >= 4 is 5.97 Å². The molecule has 0 radical (unpaired) electrons. The molecule has 1 aromatic rings. The number of aliphatic hydroxyl groups excluding tert-OH is 1. The van der Waals surface area contributed by atoms with Crippen LogP contribution in [0.5, 0.6) is 0 Å². The van der Waals surface area contributed by atoms with Gasteiger partial charge in [0.2, 0.25) is 0 Å². The summed E-state index contributed by atoms with van der Waals surface area (Å²) in [6.45, 7) is 5.36. The number of carboxylic acids is 1. The van der Waals surface area contributed by atoms with Crippen LogP contribution in [0.3, 0.4) is 0 Å². The highest BCUT2D eigenvalue weighted by atomic mass is 19.1. The minimum Gasteiger partial charge on any atom is -0.481 e. The topological polar surface area (TPSA) is 69.6 Å². The number of carboxylic acid groups (broad SMARTS) is 1.